The molecule has 0 saturated heterocycles. The first kappa shape index (κ1) is 8.47. The molecule has 0 radical (unpaired) electrons. The molecule has 1 aliphatic rings. The smallest absolute Gasteiger partial charge is 0.247 e. The highest BCUT2D eigenvalue weighted by molar-refractivity contribution is 6.74. The van der Waals surface area contributed by atoms with Gasteiger partial charge in [-0.1, -0.05) is 26.8 Å². The number of carbonyl (C=O) groups is 1. The lowest BCUT2D eigenvalue weighted by Crippen LogP contribution is -2.44. The lowest BCUT2D eigenvalue weighted by atomic mass is 10.2. The van der Waals surface area contributed by atoms with Crippen molar-refractivity contribution in [3.63, 3.8) is 0 Å². The van der Waals surface area contributed by atoms with E-state index in [0.29, 0.717) is 0 Å². The Hall–Kier alpha value is -0.613. The Balaban J connectivity index is 2.83. The Bertz CT molecular complexity index is 438. The zero-order chi connectivity index (χ0) is 15.9. The Kier molecular flexibility index (Phi) is 2.30. The van der Waals surface area contributed by atoms with Crippen molar-refractivity contribution in [3.8, 4) is 0 Å². The van der Waals surface area contributed by atoms with Crippen molar-refractivity contribution in [1.29, 1.82) is 0 Å². The van der Waals surface area contributed by atoms with Crippen molar-refractivity contribution in [1.82, 2.24) is 5.32 Å². The summed E-state index contributed by atoms with van der Waals surface area (Å²) in [5.41, 5.74) is -0.415. The molecule has 0 bridgehead atoms. The van der Waals surface area contributed by atoms with Crippen molar-refractivity contribution in [2.45, 2.75) is 51.8 Å². The molecule has 0 aromatic heterocycles. The molecule has 3 nitrogen and oxygen atoms in total. The van der Waals surface area contributed by atoms with Crippen LogP contribution in [-0.2, 0) is 9.22 Å². The summed E-state index contributed by atoms with van der Waals surface area (Å²) in [6, 6.07) is -0.833. The van der Waals surface area contributed by atoms with E-state index in [1.165, 1.54) is 0 Å². The number of amides is 1. The molecule has 4 heteroatoms. The fourth-order valence-corrected chi connectivity index (χ4v) is 2.11. The first-order valence-corrected chi connectivity index (χ1v) is 8.34. The summed E-state index contributed by atoms with van der Waals surface area (Å²) < 4.78 is 35.7. The molecule has 0 aromatic carbocycles. The average molecular weight is 245 g/mol. The minimum Gasteiger partial charge on any atom is -0.414 e. The van der Waals surface area contributed by atoms with Gasteiger partial charge in [0.25, 0.3) is 0 Å². The molecule has 1 N–H and O–H groups in total. The van der Waals surface area contributed by atoms with Crippen molar-refractivity contribution < 1.29 is 14.7 Å². The average Bonchev–Trinajstić information content (AvgIpc) is 2.48. The second kappa shape index (κ2) is 4.34. The summed E-state index contributed by atoms with van der Waals surface area (Å²) >= 11 is 0. The SMILES string of the molecule is [2H]C1=C(C([2H])([2H])[2H])C(=O)N[C@@H]1CO[Si](C)(C)C(C)(C)C. The predicted molar refractivity (Wildman–Crippen MR) is 68.8 cm³/mol. The van der Waals surface area contributed by atoms with Gasteiger partial charge in [-0.05, 0) is 25.0 Å². The van der Waals surface area contributed by atoms with Crippen LogP contribution in [0.5, 0.6) is 0 Å². The van der Waals surface area contributed by atoms with E-state index in [4.69, 9.17) is 9.91 Å². The van der Waals surface area contributed by atoms with E-state index in [-0.39, 0.29) is 17.7 Å². The highest BCUT2D eigenvalue weighted by atomic mass is 28.4. The van der Waals surface area contributed by atoms with Crippen molar-refractivity contribution in [2.75, 3.05) is 6.61 Å². The van der Waals surface area contributed by atoms with E-state index in [0.717, 1.165) is 0 Å². The molecule has 16 heavy (non-hydrogen) atoms. The molecule has 1 atom stereocenters. The van der Waals surface area contributed by atoms with E-state index in [1.54, 1.807) is 0 Å². The third-order valence-corrected chi connectivity index (χ3v) is 7.77. The molecule has 0 fully saturated rings. The monoisotopic (exact) mass is 245 g/mol. The predicted octanol–water partition coefficient (Wildman–Crippen LogP) is 2.45. The summed E-state index contributed by atoms with van der Waals surface area (Å²) in [4.78, 5) is 11.7. The third kappa shape index (κ3) is 2.95. The molecular weight excluding hydrogens is 218 g/mol. The van der Waals surface area contributed by atoms with Crippen LogP contribution in [0.1, 0.15) is 33.1 Å². The van der Waals surface area contributed by atoms with Crippen LogP contribution in [0.4, 0.5) is 0 Å². The molecule has 1 aliphatic heterocycles. The molecule has 1 rings (SSSR count). The molecule has 0 spiro atoms. The van der Waals surface area contributed by atoms with Crippen LogP contribution >= 0.6 is 0 Å². The Morgan fingerprint density at radius 1 is 1.62 bits per heavy atom. The zero-order valence-corrected chi connectivity index (χ0v) is 11.6. The number of nitrogens with one attached hydrogen (secondary N) is 1. The minimum absolute atomic E-state index is 0.0222. The van der Waals surface area contributed by atoms with Gasteiger partial charge in [0.05, 0.1) is 14.0 Å². The molecule has 1 heterocycles. The van der Waals surface area contributed by atoms with E-state index in [1.807, 2.05) is 0 Å². The first-order valence-electron chi connectivity index (χ1n) is 7.43. The van der Waals surface area contributed by atoms with Gasteiger partial charge in [0.15, 0.2) is 8.32 Å². The van der Waals surface area contributed by atoms with E-state index in [2.05, 4.69) is 39.2 Å². The lowest BCUT2D eigenvalue weighted by Gasteiger charge is -2.36. The molecule has 92 valence electrons. The zero-order valence-electron chi connectivity index (χ0n) is 14.6. The van der Waals surface area contributed by atoms with Crippen molar-refractivity contribution in [2.24, 2.45) is 0 Å². The second-order valence-corrected chi connectivity index (χ2v) is 10.4. The van der Waals surface area contributed by atoms with Gasteiger partial charge in [0, 0.05) is 9.69 Å². The van der Waals surface area contributed by atoms with Gasteiger partial charge in [-0.15, -0.1) is 0 Å². The van der Waals surface area contributed by atoms with Crippen LogP contribution in [0.3, 0.4) is 0 Å². The minimum atomic E-state index is -2.55. The van der Waals surface area contributed by atoms with Crippen LogP contribution in [0.25, 0.3) is 0 Å². The van der Waals surface area contributed by atoms with Crippen molar-refractivity contribution in [3.05, 3.63) is 11.6 Å². The highest BCUT2D eigenvalue weighted by Crippen LogP contribution is 2.36. The maximum Gasteiger partial charge on any atom is 0.247 e. The Labute approximate surface area is 105 Å². The maximum atomic E-state index is 11.7. The fourth-order valence-electron chi connectivity index (χ4n) is 1.10. The first-order chi connectivity index (χ1) is 8.77. The Morgan fingerprint density at radius 2 is 2.25 bits per heavy atom. The largest absolute Gasteiger partial charge is 0.414 e. The second-order valence-electron chi connectivity index (χ2n) is 5.62. The van der Waals surface area contributed by atoms with Gasteiger partial charge in [0.2, 0.25) is 5.91 Å². The van der Waals surface area contributed by atoms with Gasteiger partial charge in [-0.3, -0.25) is 4.79 Å². The topological polar surface area (TPSA) is 38.3 Å². The number of hydrogen-bond acceptors (Lipinski definition) is 2. The van der Waals surface area contributed by atoms with Crippen LogP contribution in [0, 0.1) is 0 Å². The van der Waals surface area contributed by atoms with E-state index >= 15 is 0 Å². The summed E-state index contributed by atoms with van der Waals surface area (Å²) in [6.45, 7) is 8.03. The van der Waals surface area contributed by atoms with Gasteiger partial charge < -0.3 is 9.74 Å². The Morgan fingerprint density at radius 3 is 2.69 bits per heavy atom. The molecular formula is C12H23NO2Si. The standard InChI is InChI=1S/C12H23NO2Si/c1-9-7-10(13-11(9)14)8-15-16(5,6)12(2,3)4/h7,10H,8H2,1-6H3,(H,13,14)/t10-/m0/s1/i1D3,7D. The van der Waals surface area contributed by atoms with Gasteiger partial charge in [0.1, 0.15) is 0 Å². The lowest BCUT2D eigenvalue weighted by molar-refractivity contribution is -0.117. The molecule has 0 unspecified atom stereocenters. The van der Waals surface area contributed by atoms with Crippen LogP contribution in [-0.4, -0.2) is 26.9 Å². The molecule has 0 saturated carbocycles. The quantitative estimate of drug-likeness (QED) is 0.776. The summed E-state index contributed by atoms with van der Waals surface area (Å²) in [5.74, 6) is -0.682. The summed E-state index contributed by atoms with van der Waals surface area (Å²) in [6.07, 6.45) is 0. The summed E-state index contributed by atoms with van der Waals surface area (Å²) in [7, 11) is -1.99. The molecule has 0 aromatic rings. The van der Waals surface area contributed by atoms with E-state index < -0.39 is 32.7 Å². The van der Waals surface area contributed by atoms with Crippen LogP contribution < -0.4 is 5.32 Å². The van der Waals surface area contributed by atoms with Crippen LogP contribution in [0.2, 0.25) is 18.1 Å². The van der Waals surface area contributed by atoms with Crippen LogP contribution in [0.15, 0.2) is 11.6 Å². The van der Waals surface area contributed by atoms with Gasteiger partial charge >= 0.3 is 0 Å². The number of carbonyl (C=O) groups excluding carboxylic acids is 1. The fraction of sp³-hybridized carbons (Fsp3) is 0.750. The van der Waals surface area contributed by atoms with E-state index in [9.17, 15) is 4.79 Å². The van der Waals surface area contributed by atoms with Crippen molar-refractivity contribution >= 4 is 14.2 Å². The molecule has 1 amide bonds. The van der Waals surface area contributed by atoms with Gasteiger partial charge in [-0.25, -0.2) is 0 Å². The number of rotatable bonds is 3. The third-order valence-electron chi connectivity index (χ3n) is 3.27. The normalized spacial score (nSPS) is 27.1. The van der Waals surface area contributed by atoms with Gasteiger partial charge in [-0.2, -0.15) is 0 Å². The highest BCUT2D eigenvalue weighted by Gasteiger charge is 2.37. The summed E-state index contributed by atoms with van der Waals surface area (Å²) in [5, 5.41) is 2.54. The molecule has 0 aliphatic carbocycles. The maximum absolute atomic E-state index is 11.7. The number of hydrogen-bond donors (Lipinski definition) is 1.